The molecule has 23 heavy (non-hydrogen) atoms. The number of aliphatic hydroxyl groups is 1. The highest BCUT2D eigenvalue weighted by molar-refractivity contribution is 5.75. The lowest BCUT2D eigenvalue weighted by atomic mass is 10.1. The van der Waals surface area contributed by atoms with Gasteiger partial charge in [-0.15, -0.1) is 0 Å². The Bertz CT molecular complexity index is 638. The maximum absolute atomic E-state index is 11.8. The highest BCUT2D eigenvalue weighted by Crippen LogP contribution is 2.38. The van der Waals surface area contributed by atoms with Crippen LogP contribution in [0.5, 0.6) is 0 Å². The van der Waals surface area contributed by atoms with Crippen LogP contribution in [0.4, 0.5) is 0 Å². The zero-order chi connectivity index (χ0) is 16.1. The molecule has 0 bridgehead atoms. The zero-order valence-electron chi connectivity index (χ0n) is 12.9. The third kappa shape index (κ3) is 4.63. The van der Waals surface area contributed by atoms with Crippen LogP contribution in [0.25, 0.3) is 0 Å². The van der Waals surface area contributed by atoms with E-state index in [1.54, 1.807) is 0 Å². The summed E-state index contributed by atoms with van der Waals surface area (Å²) < 4.78 is 5.14. The average molecular weight is 315 g/mol. The van der Waals surface area contributed by atoms with Crippen molar-refractivity contribution in [1.29, 1.82) is 0 Å². The molecular formula is C17H21N3O3. The second-order valence-electron chi connectivity index (χ2n) is 5.89. The van der Waals surface area contributed by atoms with Crippen molar-refractivity contribution in [3.63, 3.8) is 0 Å². The van der Waals surface area contributed by atoms with Crippen molar-refractivity contribution < 1.29 is 14.4 Å². The van der Waals surface area contributed by atoms with Crippen LogP contribution in [0.3, 0.4) is 0 Å². The Morgan fingerprint density at radius 3 is 2.87 bits per heavy atom. The molecule has 6 nitrogen and oxygen atoms in total. The predicted molar refractivity (Wildman–Crippen MR) is 83.6 cm³/mol. The standard InChI is InChI=1S/C17H21N3O3/c21-14(12-4-2-1-3-5-12)10-11-18-15(22)8-9-16-19-17(20-23-16)13-6-7-13/h1-5,13-14,21H,6-11H2,(H,18,22). The summed E-state index contributed by atoms with van der Waals surface area (Å²) in [6.45, 7) is 0.437. The average Bonchev–Trinajstić information content (AvgIpc) is 3.32. The van der Waals surface area contributed by atoms with E-state index in [4.69, 9.17) is 4.52 Å². The summed E-state index contributed by atoms with van der Waals surface area (Å²) in [5, 5.41) is 16.7. The molecule has 0 aliphatic heterocycles. The normalized spacial score (nSPS) is 15.3. The fourth-order valence-electron chi connectivity index (χ4n) is 2.38. The SMILES string of the molecule is O=C(CCc1nc(C2CC2)no1)NCCC(O)c1ccccc1. The van der Waals surface area contributed by atoms with Gasteiger partial charge in [0.05, 0.1) is 6.10 Å². The molecule has 0 spiro atoms. The minimum absolute atomic E-state index is 0.0727. The number of aryl methyl sites for hydroxylation is 1. The summed E-state index contributed by atoms with van der Waals surface area (Å²) >= 11 is 0. The highest BCUT2D eigenvalue weighted by Gasteiger charge is 2.28. The molecule has 1 fully saturated rings. The van der Waals surface area contributed by atoms with E-state index in [2.05, 4.69) is 15.5 Å². The number of carbonyl (C=O) groups excluding carboxylic acids is 1. The van der Waals surface area contributed by atoms with Gasteiger partial charge in [-0.05, 0) is 24.8 Å². The highest BCUT2D eigenvalue weighted by atomic mass is 16.5. The molecule has 1 amide bonds. The van der Waals surface area contributed by atoms with E-state index < -0.39 is 6.10 Å². The molecule has 1 saturated carbocycles. The first kappa shape index (κ1) is 15.7. The summed E-state index contributed by atoms with van der Waals surface area (Å²) in [5.74, 6) is 1.68. The summed E-state index contributed by atoms with van der Waals surface area (Å²) in [6.07, 6.45) is 2.95. The number of aliphatic hydroxyl groups excluding tert-OH is 1. The van der Waals surface area contributed by atoms with Gasteiger partial charge in [0.25, 0.3) is 0 Å². The lowest BCUT2D eigenvalue weighted by molar-refractivity contribution is -0.121. The predicted octanol–water partition coefficient (Wildman–Crippen LogP) is 2.12. The van der Waals surface area contributed by atoms with E-state index in [9.17, 15) is 9.90 Å². The molecular weight excluding hydrogens is 294 g/mol. The van der Waals surface area contributed by atoms with Crippen molar-refractivity contribution in [3.05, 3.63) is 47.6 Å². The second-order valence-corrected chi connectivity index (χ2v) is 5.89. The number of carbonyl (C=O) groups is 1. The first-order valence-corrected chi connectivity index (χ1v) is 8.04. The van der Waals surface area contributed by atoms with Gasteiger partial charge in [0, 0.05) is 25.3 Å². The van der Waals surface area contributed by atoms with Gasteiger partial charge in [-0.2, -0.15) is 4.98 Å². The number of nitrogens with one attached hydrogen (secondary N) is 1. The number of aromatic nitrogens is 2. The van der Waals surface area contributed by atoms with Crippen LogP contribution in [0, 0.1) is 0 Å². The molecule has 1 heterocycles. The van der Waals surface area contributed by atoms with Crippen LogP contribution in [-0.2, 0) is 11.2 Å². The minimum atomic E-state index is -0.562. The van der Waals surface area contributed by atoms with Crippen LogP contribution in [0.2, 0.25) is 0 Å². The molecule has 1 aromatic carbocycles. The Labute approximate surface area is 134 Å². The molecule has 122 valence electrons. The second kappa shape index (κ2) is 7.37. The van der Waals surface area contributed by atoms with Gasteiger partial charge in [-0.1, -0.05) is 35.5 Å². The number of rotatable bonds is 8. The van der Waals surface area contributed by atoms with Crippen molar-refractivity contribution in [1.82, 2.24) is 15.5 Å². The van der Waals surface area contributed by atoms with Crippen molar-refractivity contribution in [2.24, 2.45) is 0 Å². The van der Waals surface area contributed by atoms with Gasteiger partial charge in [0.15, 0.2) is 5.82 Å². The monoisotopic (exact) mass is 315 g/mol. The summed E-state index contributed by atoms with van der Waals surface area (Å²) in [6, 6.07) is 9.43. The van der Waals surface area contributed by atoms with Gasteiger partial charge in [0.1, 0.15) is 0 Å². The molecule has 1 unspecified atom stereocenters. The van der Waals surface area contributed by atoms with Crippen LogP contribution in [0.1, 0.15) is 55.0 Å². The van der Waals surface area contributed by atoms with Crippen molar-refractivity contribution in [3.8, 4) is 0 Å². The van der Waals surface area contributed by atoms with Crippen LogP contribution >= 0.6 is 0 Å². The topological polar surface area (TPSA) is 88.2 Å². The summed E-state index contributed by atoms with van der Waals surface area (Å²) in [4.78, 5) is 16.1. The minimum Gasteiger partial charge on any atom is -0.388 e. The molecule has 0 saturated heterocycles. The lowest BCUT2D eigenvalue weighted by Crippen LogP contribution is -2.25. The fraction of sp³-hybridized carbons (Fsp3) is 0.471. The smallest absolute Gasteiger partial charge is 0.227 e. The maximum Gasteiger partial charge on any atom is 0.227 e. The van der Waals surface area contributed by atoms with Crippen molar-refractivity contribution >= 4 is 5.91 Å². The van der Waals surface area contributed by atoms with Gasteiger partial charge in [-0.25, -0.2) is 0 Å². The van der Waals surface area contributed by atoms with E-state index in [0.29, 0.717) is 37.6 Å². The van der Waals surface area contributed by atoms with Gasteiger partial charge in [0.2, 0.25) is 11.8 Å². The maximum atomic E-state index is 11.8. The number of benzene rings is 1. The molecule has 3 rings (SSSR count). The first-order valence-electron chi connectivity index (χ1n) is 8.04. The summed E-state index contributed by atoms with van der Waals surface area (Å²) in [7, 11) is 0. The Morgan fingerprint density at radius 2 is 2.13 bits per heavy atom. The number of nitrogens with zero attached hydrogens (tertiary/aromatic N) is 2. The summed E-state index contributed by atoms with van der Waals surface area (Å²) in [5.41, 5.74) is 0.861. The Balaban J connectivity index is 1.34. The van der Waals surface area contributed by atoms with Crippen molar-refractivity contribution in [2.45, 2.75) is 44.1 Å². The molecule has 1 aliphatic carbocycles. The molecule has 1 atom stereocenters. The molecule has 1 aromatic heterocycles. The van der Waals surface area contributed by atoms with Crippen molar-refractivity contribution in [2.75, 3.05) is 6.54 Å². The fourth-order valence-corrected chi connectivity index (χ4v) is 2.38. The number of hydrogen-bond donors (Lipinski definition) is 2. The largest absolute Gasteiger partial charge is 0.388 e. The van der Waals surface area contributed by atoms with Crippen LogP contribution < -0.4 is 5.32 Å². The third-order valence-corrected chi connectivity index (χ3v) is 3.92. The lowest BCUT2D eigenvalue weighted by Gasteiger charge is -2.11. The van der Waals surface area contributed by atoms with E-state index in [-0.39, 0.29) is 5.91 Å². The van der Waals surface area contributed by atoms with Gasteiger partial charge >= 0.3 is 0 Å². The number of amides is 1. The van der Waals surface area contributed by atoms with Gasteiger partial charge < -0.3 is 14.9 Å². The quantitative estimate of drug-likeness (QED) is 0.779. The molecule has 0 radical (unpaired) electrons. The van der Waals surface area contributed by atoms with E-state index in [0.717, 1.165) is 24.2 Å². The van der Waals surface area contributed by atoms with Crippen LogP contribution in [-0.4, -0.2) is 27.7 Å². The van der Waals surface area contributed by atoms with Gasteiger partial charge in [-0.3, -0.25) is 4.79 Å². The Kier molecular flexibility index (Phi) is 5.02. The molecule has 2 aromatic rings. The molecule has 1 aliphatic rings. The Hall–Kier alpha value is -2.21. The third-order valence-electron chi connectivity index (χ3n) is 3.92. The molecule has 2 N–H and O–H groups in total. The van der Waals surface area contributed by atoms with E-state index >= 15 is 0 Å². The first-order chi connectivity index (χ1) is 11.2. The molecule has 6 heteroatoms. The zero-order valence-corrected chi connectivity index (χ0v) is 12.9. The van der Waals surface area contributed by atoms with E-state index in [1.165, 1.54) is 0 Å². The Morgan fingerprint density at radius 1 is 1.35 bits per heavy atom. The van der Waals surface area contributed by atoms with Crippen LogP contribution in [0.15, 0.2) is 34.9 Å². The van der Waals surface area contributed by atoms with E-state index in [1.807, 2.05) is 30.3 Å². The number of hydrogen-bond acceptors (Lipinski definition) is 5.